The summed E-state index contributed by atoms with van der Waals surface area (Å²) in [6, 6.07) is 3.99. The van der Waals surface area contributed by atoms with Crippen LogP contribution in [0.5, 0.6) is 5.88 Å². The topological polar surface area (TPSA) is 43.4 Å². The number of nitrogens with one attached hydrogen (secondary N) is 1. The van der Waals surface area contributed by atoms with Crippen molar-refractivity contribution in [2.75, 3.05) is 19.8 Å². The molecule has 1 aromatic rings. The molecule has 1 N–H and O–H groups in total. The van der Waals surface area contributed by atoms with E-state index < -0.39 is 0 Å². The maximum absolute atomic E-state index is 5.63. The fourth-order valence-electron chi connectivity index (χ4n) is 1.49. The minimum absolute atomic E-state index is 0.186. The number of nitrogens with zero attached hydrogens (tertiary/aromatic N) is 1. The molecule has 1 aliphatic heterocycles. The molecule has 0 atom stereocenters. The van der Waals surface area contributed by atoms with Crippen LogP contribution < -0.4 is 10.1 Å². The van der Waals surface area contributed by atoms with Crippen molar-refractivity contribution in [2.24, 2.45) is 0 Å². The smallest absolute Gasteiger partial charge is 0.213 e. The molecule has 88 valence electrons. The third-order valence-corrected chi connectivity index (χ3v) is 2.45. The number of rotatable bonds is 6. The average molecular weight is 222 g/mol. The number of hydrogen-bond donors (Lipinski definition) is 1. The van der Waals surface area contributed by atoms with E-state index in [1.165, 1.54) is 5.56 Å². The van der Waals surface area contributed by atoms with Crippen LogP contribution in [0.25, 0.3) is 0 Å². The summed E-state index contributed by atoms with van der Waals surface area (Å²) in [5.41, 5.74) is 1.21. The van der Waals surface area contributed by atoms with Gasteiger partial charge in [-0.05, 0) is 24.6 Å². The lowest BCUT2D eigenvalue weighted by molar-refractivity contribution is -0.0813. The van der Waals surface area contributed by atoms with Crippen molar-refractivity contribution in [1.82, 2.24) is 10.3 Å². The second-order valence-electron chi connectivity index (χ2n) is 3.96. The van der Waals surface area contributed by atoms with Crippen molar-refractivity contribution < 1.29 is 9.47 Å². The quantitative estimate of drug-likeness (QED) is 0.738. The van der Waals surface area contributed by atoms with Gasteiger partial charge in [0.2, 0.25) is 5.88 Å². The van der Waals surface area contributed by atoms with E-state index in [-0.39, 0.29) is 6.10 Å². The van der Waals surface area contributed by atoms with Crippen molar-refractivity contribution in [2.45, 2.75) is 26.0 Å². The number of hydrogen-bond acceptors (Lipinski definition) is 4. The van der Waals surface area contributed by atoms with E-state index in [1.54, 1.807) is 6.20 Å². The van der Waals surface area contributed by atoms with Gasteiger partial charge in [0.05, 0.1) is 13.2 Å². The van der Waals surface area contributed by atoms with Crippen LogP contribution in [0.1, 0.15) is 18.9 Å². The third kappa shape index (κ3) is 3.18. The molecule has 2 heterocycles. The molecule has 0 aromatic carbocycles. The minimum Gasteiger partial charge on any atom is -0.469 e. The highest BCUT2D eigenvalue weighted by atomic mass is 16.6. The second kappa shape index (κ2) is 5.82. The van der Waals surface area contributed by atoms with Crippen LogP contribution in [0, 0.1) is 0 Å². The molecule has 0 spiro atoms. The van der Waals surface area contributed by atoms with Gasteiger partial charge >= 0.3 is 0 Å². The van der Waals surface area contributed by atoms with Crippen LogP contribution in [0.3, 0.4) is 0 Å². The van der Waals surface area contributed by atoms with E-state index >= 15 is 0 Å². The van der Waals surface area contributed by atoms with Gasteiger partial charge in [0.15, 0.2) is 0 Å². The first-order valence-corrected chi connectivity index (χ1v) is 5.78. The van der Waals surface area contributed by atoms with Crippen molar-refractivity contribution in [3.63, 3.8) is 0 Å². The number of pyridine rings is 1. The molecule has 1 aliphatic rings. The van der Waals surface area contributed by atoms with Gasteiger partial charge < -0.3 is 14.8 Å². The molecule has 0 aliphatic carbocycles. The van der Waals surface area contributed by atoms with Crippen molar-refractivity contribution in [1.29, 1.82) is 0 Å². The Morgan fingerprint density at radius 3 is 3.12 bits per heavy atom. The van der Waals surface area contributed by atoms with Gasteiger partial charge in [0.1, 0.15) is 6.10 Å². The van der Waals surface area contributed by atoms with Crippen LogP contribution in [-0.4, -0.2) is 30.8 Å². The van der Waals surface area contributed by atoms with Gasteiger partial charge in [-0.15, -0.1) is 0 Å². The Morgan fingerprint density at radius 2 is 2.44 bits per heavy atom. The lowest BCUT2D eigenvalue weighted by Crippen LogP contribution is -2.38. The van der Waals surface area contributed by atoms with Gasteiger partial charge in [0, 0.05) is 18.8 Å². The molecule has 0 saturated carbocycles. The molecule has 2 rings (SSSR count). The zero-order valence-corrected chi connectivity index (χ0v) is 9.61. The zero-order valence-electron chi connectivity index (χ0n) is 9.61. The van der Waals surface area contributed by atoms with E-state index in [1.807, 2.05) is 12.1 Å². The molecule has 0 bridgehead atoms. The summed E-state index contributed by atoms with van der Waals surface area (Å²) in [6.45, 7) is 5.42. The fraction of sp³-hybridized carbons (Fsp3) is 0.583. The normalized spacial score (nSPS) is 15.8. The standard InChI is InChI=1S/C12H18N2O2/c1-2-4-13-7-10-3-5-14-12(6-10)16-11-8-15-9-11/h3,5-6,11,13H,2,4,7-9H2,1H3. The SMILES string of the molecule is CCCNCc1ccnc(OC2COC2)c1. The summed E-state index contributed by atoms with van der Waals surface area (Å²) in [4.78, 5) is 4.18. The van der Waals surface area contributed by atoms with E-state index in [9.17, 15) is 0 Å². The van der Waals surface area contributed by atoms with E-state index in [2.05, 4.69) is 17.2 Å². The summed E-state index contributed by atoms with van der Waals surface area (Å²) in [7, 11) is 0. The number of ether oxygens (including phenoxy) is 2. The highest BCUT2D eigenvalue weighted by Gasteiger charge is 2.20. The molecule has 0 radical (unpaired) electrons. The van der Waals surface area contributed by atoms with Gasteiger partial charge in [0.25, 0.3) is 0 Å². The Bertz CT molecular complexity index is 327. The molecule has 1 fully saturated rings. The predicted octanol–water partition coefficient (Wildman–Crippen LogP) is 1.36. The number of aromatic nitrogens is 1. The largest absolute Gasteiger partial charge is 0.469 e. The van der Waals surface area contributed by atoms with E-state index in [0.29, 0.717) is 19.1 Å². The summed E-state index contributed by atoms with van der Waals surface area (Å²) in [5, 5.41) is 3.35. The van der Waals surface area contributed by atoms with Crippen LogP contribution in [0.4, 0.5) is 0 Å². The Hall–Kier alpha value is -1.13. The highest BCUT2D eigenvalue weighted by Crippen LogP contribution is 2.14. The van der Waals surface area contributed by atoms with Gasteiger partial charge in [-0.1, -0.05) is 6.92 Å². The summed E-state index contributed by atoms with van der Waals surface area (Å²) >= 11 is 0. The summed E-state index contributed by atoms with van der Waals surface area (Å²) < 4.78 is 10.7. The molecule has 0 unspecified atom stereocenters. The maximum Gasteiger partial charge on any atom is 0.213 e. The maximum atomic E-state index is 5.63. The average Bonchev–Trinajstić information content (AvgIpc) is 2.25. The summed E-state index contributed by atoms with van der Waals surface area (Å²) in [6.07, 6.45) is 3.12. The molecule has 0 amide bonds. The van der Waals surface area contributed by atoms with Gasteiger partial charge in [-0.25, -0.2) is 4.98 Å². The molecule has 1 aromatic heterocycles. The van der Waals surface area contributed by atoms with Gasteiger partial charge in [-0.3, -0.25) is 0 Å². The summed E-state index contributed by atoms with van der Waals surface area (Å²) in [5.74, 6) is 0.698. The molecular weight excluding hydrogens is 204 g/mol. The van der Waals surface area contributed by atoms with E-state index in [0.717, 1.165) is 19.5 Å². The van der Waals surface area contributed by atoms with Crippen molar-refractivity contribution in [3.8, 4) is 5.88 Å². The first kappa shape index (κ1) is 11.4. The van der Waals surface area contributed by atoms with Crippen LogP contribution >= 0.6 is 0 Å². The molecule has 1 saturated heterocycles. The Kier molecular flexibility index (Phi) is 4.13. The van der Waals surface area contributed by atoms with E-state index in [4.69, 9.17) is 9.47 Å². The first-order chi connectivity index (χ1) is 7.88. The molecule has 16 heavy (non-hydrogen) atoms. The Morgan fingerprint density at radius 1 is 1.56 bits per heavy atom. The monoisotopic (exact) mass is 222 g/mol. The predicted molar refractivity (Wildman–Crippen MR) is 61.5 cm³/mol. The lowest BCUT2D eigenvalue weighted by atomic mass is 10.2. The molecular formula is C12H18N2O2. The Labute approximate surface area is 96.0 Å². The van der Waals surface area contributed by atoms with Crippen molar-refractivity contribution in [3.05, 3.63) is 23.9 Å². The minimum atomic E-state index is 0.186. The van der Waals surface area contributed by atoms with Crippen LogP contribution in [0.15, 0.2) is 18.3 Å². The third-order valence-electron chi connectivity index (χ3n) is 2.45. The zero-order chi connectivity index (χ0) is 11.2. The van der Waals surface area contributed by atoms with Crippen LogP contribution in [0.2, 0.25) is 0 Å². The fourth-order valence-corrected chi connectivity index (χ4v) is 1.49. The highest BCUT2D eigenvalue weighted by molar-refractivity contribution is 5.20. The molecule has 4 heteroatoms. The Balaban J connectivity index is 1.85. The van der Waals surface area contributed by atoms with Gasteiger partial charge in [-0.2, -0.15) is 0 Å². The van der Waals surface area contributed by atoms with Crippen molar-refractivity contribution >= 4 is 0 Å². The second-order valence-corrected chi connectivity index (χ2v) is 3.96. The lowest BCUT2D eigenvalue weighted by Gasteiger charge is -2.26. The molecule has 4 nitrogen and oxygen atoms in total. The van der Waals surface area contributed by atoms with Crippen LogP contribution in [-0.2, 0) is 11.3 Å². The first-order valence-electron chi connectivity index (χ1n) is 5.78.